The van der Waals surface area contributed by atoms with E-state index in [0.29, 0.717) is 18.4 Å². The van der Waals surface area contributed by atoms with Gasteiger partial charge >= 0.3 is 12.1 Å². The van der Waals surface area contributed by atoms with Crippen molar-refractivity contribution in [2.24, 2.45) is 5.92 Å². The molecule has 1 aliphatic heterocycles. The Kier molecular flexibility index (Phi) is 12.7. The summed E-state index contributed by atoms with van der Waals surface area (Å²) < 4.78 is 11.7. The van der Waals surface area contributed by atoms with Gasteiger partial charge in [0.2, 0.25) is 11.8 Å². The Balaban J connectivity index is 1.12. The standard InChI is InChI=1S/C43H45N3O7/c47-27-32(24-29-14-4-1-5-15-29)45-40(48)25-31-18-8-3-9-23-38(42(50)53-39(26-44-41(31)49)30-16-6-2-7-17-30)46-43(51)52-28-37-35-21-12-10-19-33(35)34-20-11-13-22-36(34)37/h1-8,10-17,19-22,31-32,37-39,47H,9,18,23-28H2,(H,44,49)(H,45,48)(H,46,51)/t31-,32+,38+,39+/m1/s1. The van der Waals surface area contributed by atoms with Crippen molar-refractivity contribution in [2.75, 3.05) is 19.8 Å². The highest BCUT2D eigenvalue weighted by atomic mass is 16.6. The predicted molar refractivity (Wildman–Crippen MR) is 201 cm³/mol. The smallest absolute Gasteiger partial charge is 0.407 e. The van der Waals surface area contributed by atoms with Crippen LogP contribution >= 0.6 is 0 Å². The van der Waals surface area contributed by atoms with Gasteiger partial charge < -0.3 is 30.5 Å². The lowest BCUT2D eigenvalue weighted by Crippen LogP contribution is -2.44. The monoisotopic (exact) mass is 715 g/mol. The van der Waals surface area contributed by atoms with E-state index in [2.05, 4.69) is 28.1 Å². The summed E-state index contributed by atoms with van der Waals surface area (Å²) in [6.45, 7) is -0.186. The number of aliphatic hydroxyl groups is 1. The van der Waals surface area contributed by atoms with Crippen LogP contribution in [0.3, 0.4) is 0 Å². The second-order valence-electron chi connectivity index (χ2n) is 13.4. The highest BCUT2D eigenvalue weighted by Gasteiger charge is 2.31. The molecule has 0 saturated carbocycles. The molecule has 2 aliphatic rings. The SMILES string of the molecule is O=C(C[C@H]1CC=CCC[C@H](NC(=O)OCC2c3ccccc3-c3ccccc32)C(=O)O[C@H](c2ccccc2)CNC1=O)N[C@H](CO)Cc1ccccc1. The van der Waals surface area contributed by atoms with E-state index in [1.807, 2.05) is 97.1 Å². The average Bonchev–Trinajstić information content (AvgIpc) is 3.51. The van der Waals surface area contributed by atoms with Gasteiger partial charge in [-0.2, -0.15) is 0 Å². The van der Waals surface area contributed by atoms with Crippen LogP contribution in [0.5, 0.6) is 0 Å². The zero-order valence-corrected chi connectivity index (χ0v) is 29.5. The first-order valence-corrected chi connectivity index (χ1v) is 18.1. The zero-order valence-electron chi connectivity index (χ0n) is 29.5. The number of ether oxygens (including phenoxy) is 2. The van der Waals surface area contributed by atoms with Crippen LogP contribution in [0.25, 0.3) is 11.1 Å². The van der Waals surface area contributed by atoms with E-state index in [4.69, 9.17) is 9.47 Å². The number of esters is 1. The molecule has 4 aromatic rings. The van der Waals surface area contributed by atoms with Crippen molar-refractivity contribution in [3.8, 4) is 11.1 Å². The first-order valence-electron chi connectivity index (χ1n) is 18.1. The fourth-order valence-corrected chi connectivity index (χ4v) is 6.98. The maximum atomic E-state index is 13.7. The van der Waals surface area contributed by atoms with Gasteiger partial charge in [-0.3, -0.25) is 9.59 Å². The number of hydrogen-bond acceptors (Lipinski definition) is 7. The number of fused-ring (bicyclic) bond motifs is 3. The molecule has 274 valence electrons. The molecule has 0 radical (unpaired) electrons. The molecule has 4 aromatic carbocycles. The van der Waals surface area contributed by atoms with Gasteiger partial charge in [-0.25, -0.2) is 9.59 Å². The van der Waals surface area contributed by atoms with Gasteiger partial charge in [0, 0.05) is 12.3 Å². The number of alkyl carbamates (subject to hydrolysis) is 1. The molecule has 10 nitrogen and oxygen atoms in total. The molecular weight excluding hydrogens is 670 g/mol. The van der Waals surface area contributed by atoms with Crippen molar-refractivity contribution in [1.29, 1.82) is 0 Å². The molecule has 4 atom stereocenters. The summed E-state index contributed by atoms with van der Waals surface area (Å²) >= 11 is 0. The molecule has 0 spiro atoms. The number of carbonyl (C=O) groups is 4. The Hall–Kier alpha value is -5.74. The van der Waals surface area contributed by atoms with Crippen LogP contribution in [-0.2, 0) is 30.3 Å². The van der Waals surface area contributed by atoms with Crippen molar-refractivity contribution in [3.63, 3.8) is 0 Å². The first-order chi connectivity index (χ1) is 25.9. The van der Waals surface area contributed by atoms with Crippen LogP contribution in [0.1, 0.15) is 60.0 Å². The van der Waals surface area contributed by atoms with Crippen LogP contribution in [0.4, 0.5) is 4.79 Å². The molecule has 1 aliphatic carbocycles. The molecule has 0 unspecified atom stereocenters. The molecule has 0 bridgehead atoms. The van der Waals surface area contributed by atoms with Crippen molar-refractivity contribution < 1.29 is 33.8 Å². The number of cyclic esters (lactones) is 1. The van der Waals surface area contributed by atoms with Gasteiger partial charge in [0.25, 0.3) is 0 Å². The molecular formula is C43H45N3O7. The van der Waals surface area contributed by atoms with Gasteiger partial charge in [-0.1, -0.05) is 121 Å². The van der Waals surface area contributed by atoms with Gasteiger partial charge in [-0.15, -0.1) is 0 Å². The van der Waals surface area contributed by atoms with Crippen LogP contribution in [0, 0.1) is 5.92 Å². The molecule has 4 N–H and O–H groups in total. The summed E-state index contributed by atoms with van der Waals surface area (Å²) in [5.41, 5.74) is 6.02. The van der Waals surface area contributed by atoms with E-state index in [-0.39, 0.29) is 56.8 Å². The van der Waals surface area contributed by atoms with Crippen LogP contribution < -0.4 is 16.0 Å². The summed E-state index contributed by atoms with van der Waals surface area (Å²) in [4.78, 5) is 53.6. The third-order valence-electron chi connectivity index (χ3n) is 9.73. The lowest BCUT2D eigenvalue weighted by molar-refractivity contribution is -0.152. The topological polar surface area (TPSA) is 143 Å². The number of aliphatic hydroxyl groups excluding tert-OH is 1. The quantitative estimate of drug-likeness (QED) is 0.121. The summed E-state index contributed by atoms with van der Waals surface area (Å²) in [5, 5.41) is 18.4. The third kappa shape index (κ3) is 9.78. The molecule has 1 heterocycles. The largest absolute Gasteiger partial charge is 0.454 e. The van der Waals surface area contributed by atoms with Crippen molar-refractivity contribution in [1.82, 2.24) is 16.0 Å². The number of amides is 3. The fourth-order valence-electron chi connectivity index (χ4n) is 6.98. The van der Waals surface area contributed by atoms with Crippen LogP contribution in [0.2, 0.25) is 0 Å². The second kappa shape index (κ2) is 18.1. The normalized spacial score (nSPS) is 19.5. The maximum absolute atomic E-state index is 13.7. The lowest BCUT2D eigenvalue weighted by atomic mass is 9.98. The average molecular weight is 716 g/mol. The van der Waals surface area contributed by atoms with E-state index in [0.717, 1.165) is 27.8 Å². The van der Waals surface area contributed by atoms with Gasteiger partial charge in [0.15, 0.2) is 0 Å². The lowest BCUT2D eigenvalue weighted by Gasteiger charge is -2.24. The van der Waals surface area contributed by atoms with Gasteiger partial charge in [0.1, 0.15) is 18.8 Å². The maximum Gasteiger partial charge on any atom is 0.407 e. The van der Waals surface area contributed by atoms with Crippen molar-refractivity contribution >= 4 is 23.9 Å². The van der Waals surface area contributed by atoms with Crippen molar-refractivity contribution in [2.45, 2.75) is 56.2 Å². The number of rotatable bonds is 10. The fraction of sp³-hybridized carbons (Fsp3) is 0.302. The highest BCUT2D eigenvalue weighted by molar-refractivity contribution is 5.86. The van der Waals surface area contributed by atoms with E-state index < -0.39 is 36.2 Å². The van der Waals surface area contributed by atoms with Crippen LogP contribution in [-0.4, -0.2) is 60.8 Å². The molecule has 53 heavy (non-hydrogen) atoms. The van der Waals surface area contributed by atoms with E-state index >= 15 is 0 Å². The van der Waals surface area contributed by atoms with Crippen molar-refractivity contribution in [3.05, 3.63) is 144 Å². The Labute approximate surface area is 309 Å². The minimum absolute atomic E-state index is 0.0403. The first kappa shape index (κ1) is 37.0. The molecule has 0 aromatic heterocycles. The molecule has 10 heteroatoms. The van der Waals surface area contributed by atoms with Gasteiger partial charge in [0.05, 0.1) is 25.1 Å². The Bertz CT molecular complexity index is 1850. The number of benzene rings is 4. The molecule has 3 amide bonds. The highest BCUT2D eigenvalue weighted by Crippen LogP contribution is 2.44. The summed E-state index contributed by atoms with van der Waals surface area (Å²) in [7, 11) is 0. The van der Waals surface area contributed by atoms with E-state index in [9.17, 15) is 24.3 Å². The summed E-state index contributed by atoms with van der Waals surface area (Å²) in [6.07, 6.45) is 3.31. The molecule has 0 saturated heterocycles. The number of allylic oxidation sites excluding steroid dienone is 2. The van der Waals surface area contributed by atoms with E-state index in [1.54, 1.807) is 12.1 Å². The Morgan fingerprint density at radius 1 is 0.849 bits per heavy atom. The Morgan fingerprint density at radius 2 is 1.49 bits per heavy atom. The van der Waals surface area contributed by atoms with Crippen LogP contribution in [0.15, 0.2) is 121 Å². The number of hydrogen-bond donors (Lipinski definition) is 4. The molecule has 0 fully saturated rings. The summed E-state index contributed by atoms with van der Waals surface area (Å²) in [6, 6.07) is 33.2. The van der Waals surface area contributed by atoms with E-state index in [1.165, 1.54) is 0 Å². The summed E-state index contributed by atoms with van der Waals surface area (Å²) in [5.74, 6) is -2.21. The number of carbonyl (C=O) groups excluding carboxylic acids is 4. The third-order valence-corrected chi connectivity index (χ3v) is 9.73. The molecule has 6 rings (SSSR count). The number of nitrogens with one attached hydrogen (secondary N) is 3. The Morgan fingerprint density at radius 3 is 2.17 bits per heavy atom. The predicted octanol–water partition coefficient (Wildman–Crippen LogP) is 5.76. The second-order valence-corrected chi connectivity index (χ2v) is 13.4. The van der Waals surface area contributed by atoms with Gasteiger partial charge in [-0.05, 0) is 59.1 Å². The minimum atomic E-state index is -1.01. The minimum Gasteiger partial charge on any atom is -0.454 e. The zero-order chi connectivity index (χ0) is 37.0.